The number of nitrogens with zero attached hydrogens (tertiary/aromatic N) is 2. The van der Waals surface area contributed by atoms with Crippen LogP contribution in [0.15, 0.2) is 12.1 Å². The highest BCUT2D eigenvalue weighted by atomic mass is 19.1. The monoisotopic (exact) mass is 298 g/mol. The van der Waals surface area contributed by atoms with Crippen molar-refractivity contribution >= 4 is 17.3 Å². The fraction of sp³-hybridized carbons (Fsp3) is 0.462. The van der Waals surface area contributed by atoms with Crippen molar-refractivity contribution in [2.24, 2.45) is 5.92 Å². The van der Waals surface area contributed by atoms with Crippen LogP contribution in [0.2, 0.25) is 0 Å². The Morgan fingerprint density at radius 1 is 1.52 bits per heavy atom. The summed E-state index contributed by atoms with van der Waals surface area (Å²) in [5.74, 6) is -2.40. The number of aliphatic hydroxyl groups is 1. The van der Waals surface area contributed by atoms with Crippen molar-refractivity contribution < 1.29 is 24.3 Å². The molecule has 2 N–H and O–H groups in total. The molecule has 21 heavy (non-hydrogen) atoms. The quantitative estimate of drug-likeness (QED) is 0.632. The van der Waals surface area contributed by atoms with Crippen molar-refractivity contribution in [3.05, 3.63) is 33.6 Å². The van der Waals surface area contributed by atoms with Gasteiger partial charge in [-0.2, -0.15) is 0 Å². The number of carboxylic acids is 1. The molecule has 7 nitrogen and oxygen atoms in total. The Kier molecular flexibility index (Phi) is 4.37. The number of anilines is 1. The summed E-state index contributed by atoms with van der Waals surface area (Å²) < 4.78 is 13.6. The first-order valence-electron chi connectivity index (χ1n) is 6.51. The van der Waals surface area contributed by atoms with Crippen molar-refractivity contribution in [2.75, 3.05) is 24.6 Å². The van der Waals surface area contributed by atoms with Crippen LogP contribution in [-0.2, 0) is 0 Å². The lowest BCUT2D eigenvalue weighted by Gasteiger charge is -2.19. The van der Waals surface area contributed by atoms with Crippen molar-refractivity contribution in [3.8, 4) is 0 Å². The molecule has 1 atom stereocenters. The minimum Gasteiger partial charge on any atom is -0.478 e. The van der Waals surface area contributed by atoms with Crippen molar-refractivity contribution in [2.45, 2.75) is 12.8 Å². The van der Waals surface area contributed by atoms with Gasteiger partial charge in [0.05, 0.1) is 16.6 Å². The Bertz CT molecular complexity index is 578. The maximum Gasteiger partial charge on any atom is 0.338 e. The second-order valence-corrected chi connectivity index (χ2v) is 5.00. The molecule has 1 saturated heterocycles. The molecule has 0 aromatic heterocycles. The zero-order valence-corrected chi connectivity index (χ0v) is 11.2. The number of aromatic carboxylic acids is 1. The van der Waals surface area contributed by atoms with E-state index in [1.54, 1.807) is 4.90 Å². The number of halogens is 1. The predicted molar refractivity (Wildman–Crippen MR) is 72.0 cm³/mol. The van der Waals surface area contributed by atoms with Crippen LogP contribution < -0.4 is 4.90 Å². The van der Waals surface area contributed by atoms with Crippen LogP contribution in [0, 0.1) is 21.8 Å². The second-order valence-electron chi connectivity index (χ2n) is 5.00. The molecule has 0 radical (unpaired) electrons. The molecule has 1 unspecified atom stereocenters. The van der Waals surface area contributed by atoms with E-state index in [1.165, 1.54) is 0 Å². The topological polar surface area (TPSA) is 104 Å². The Morgan fingerprint density at radius 2 is 2.24 bits per heavy atom. The van der Waals surface area contributed by atoms with Gasteiger partial charge in [-0.3, -0.25) is 10.1 Å². The second kappa shape index (κ2) is 6.04. The molecule has 0 bridgehead atoms. The molecule has 1 aliphatic heterocycles. The minimum atomic E-state index is -1.46. The fourth-order valence-corrected chi connectivity index (χ4v) is 2.58. The van der Waals surface area contributed by atoms with Crippen LogP contribution in [0.5, 0.6) is 0 Å². The molecule has 0 amide bonds. The van der Waals surface area contributed by atoms with Gasteiger partial charge in [0.2, 0.25) is 0 Å². The number of hydrogen-bond donors (Lipinski definition) is 2. The molecule has 2 rings (SSSR count). The highest BCUT2D eigenvalue weighted by molar-refractivity contribution is 5.90. The highest BCUT2D eigenvalue weighted by Gasteiger charge is 2.30. The molecule has 1 aromatic carbocycles. The molecule has 1 aromatic rings. The van der Waals surface area contributed by atoms with Gasteiger partial charge >= 0.3 is 5.97 Å². The molecule has 1 fully saturated rings. The van der Waals surface area contributed by atoms with E-state index >= 15 is 0 Å². The maximum atomic E-state index is 13.6. The van der Waals surface area contributed by atoms with Gasteiger partial charge in [0, 0.05) is 19.7 Å². The number of carboxylic acid groups (broad SMARTS) is 1. The smallest absolute Gasteiger partial charge is 0.338 e. The summed E-state index contributed by atoms with van der Waals surface area (Å²) >= 11 is 0. The molecule has 114 valence electrons. The molecule has 0 aliphatic carbocycles. The van der Waals surface area contributed by atoms with Gasteiger partial charge in [0.15, 0.2) is 0 Å². The molecule has 8 heteroatoms. The number of nitro groups is 1. The SMILES string of the molecule is O=C(O)c1cc(N2CCC(CCO)C2)c([N+](=O)[O-])cc1F. The summed E-state index contributed by atoms with van der Waals surface area (Å²) in [5, 5.41) is 28.9. The van der Waals surface area contributed by atoms with E-state index in [9.17, 15) is 19.3 Å². The van der Waals surface area contributed by atoms with E-state index in [2.05, 4.69) is 0 Å². The first-order valence-corrected chi connectivity index (χ1v) is 6.51. The standard InChI is InChI=1S/C13H15FN2O5/c14-10-6-12(16(20)21)11(5-9(10)13(18)19)15-3-1-8(7-15)2-4-17/h5-6,8,17H,1-4,7H2,(H,18,19). The first-order chi connectivity index (χ1) is 9.93. The van der Waals surface area contributed by atoms with Crippen LogP contribution in [-0.4, -0.2) is 40.8 Å². The van der Waals surface area contributed by atoms with E-state index in [1.807, 2.05) is 0 Å². The van der Waals surface area contributed by atoms with Crippen LogP contribution in [0.4, 0.5) is 15.8 Å². The number of aliphatic hydroxyl groups excluding tert-OH is 1. The molecule has 1 aliphatic rings. The summed E-state index contributed by atoms with van der Waals surface area (Å²) in [7, 11) is 0. The minimum absolute atomic E-state index is 0.0321. The van der Waals surface area contributed by atoms with Gasteiger partial charge in [-0.25, -0.2) is 9.18 Å². The molecular formula is C13H15FN2O5. The van der Waals surface area contributed by atoms with E-state index < -0.39 is 28.0 Å². The molecule has 0 saturated carbocycles. The number of benzene rings is 1. The van der Waals surface area contributed by atoms with Gasteiger partial charge in [0.1, 0.15) is 11.5 Å². The zero-order valence-electron chi connectivity index (χ0n) is 11.2. The summed E-state index contributed by atoms with van der Waals surface area (Å²) in [6, 6.07) is 1.66. The summed E-state index contributed by atoms with van der Waals surface area (Å²) in [5.41, 5.74) is -0.914. The van der Waals surface area contributed by atoms with Gasteiger partial charge in [-0.1, -0.05) is 0 Å². The lowest BCUT2D eigenvalue weighted by molar-refractivity contribution is -0.384. The Hall–Kier alpha value is -2.22. The Labute approximate surface area is 119 Å². The van der Waals surface area contributed by atoms with E-state index in [4.69, 9.17) is 10.2 Å². The summed E-state index contributed by atoms with van der Waals surface area (Å²) in [4.78, 5) is 23.0. The number of carbonyl (C=O) groups is 1. The van der Waals surface area contributed by atoms with Crippen LogP contribution in [0.1, 0.15) is 23.2 Å². The average Bonchev–Trinajstić information content (AvgIpc) is 2.86. The number of rotatable bonds is 5. The predicted octanol–water partition coefficient (Wildman–Crippen LogP) is 1.64. The fourth-order valence-electron chi connectivity index (χ4n) is 2.58. The third kappa shape index (κ3) is 3.10. The molecule has 1 heterocycles. The van der Waals surface area contributed by atoms with Gasteiger partial charge in [0.25, 0.3) is 5.69 Å². The van der Waals surface area contributed by atoms with Crippen molar-refractivity contribution in [1.82, 2.24) is 0 Å². The van der Waals surface area contributed by atoms with Crippen LogP contribution >= 0.6 is 0 Å². The maximum absolute atomic E-state index is 13.6. The van der Waals surface area contributed by atoms with E-state index in [0.29, 0.717) is 25.6 Å². The summed E-state index contributed by atoms with van der Waals surface area (Å²) in [6.45, 7) is 1.02. The van der Waals surface area contributed by atoms with Crippen molar-refractivity contribution in [1.29, 1.82) is 0 Å². The highest BCUT2D eigenvalue weighted by Crippen LogP contribution is 2.35. The lowest BCUT2D eigenvalue weighted by atomic mass is 10.1. The average molecular weight is 298 g/mol. The largest absolute Gasteiger partial charge is 0.478 e. The number of nitro benzene ring substituents is 1. The third-order valence-corrected chi connectivity index (χ3v) is 3.66. The normalized spacial score (nSPS) is 18.0. The van der Waals surface area contributed by atoms with E-state index in [0.717, 1.165) is 12.5 Å². The molecule has 0 spiro atoms. The van der Waals surface area contributed by atoms with Crippen LogP contribution in [0.3, 0.4) is 0 Å². The third-order valence-electron chi connectivity index (χ3n) is 3.66. The van der Waals surface area contributed by atoms with Gasteiger partial charge in [-0.15, -0.1) is 0 Å². The zero-order chi connectivity index (χ0) is 15.6. The van der Waals surface area contributed by atoms with Crippen molar-refractivity contribution in [3.63, 3.8) is 0 Å². The Morgan fingerprint density at radius 3 is 2.81 bits per heavy atom. The summed E-state index contributed by atoms with van der Waals surface area (Å²) in [6.07, 6.45) is 1.33. The first kappa shape index (κ1) is 15.2. The lowest BCUT2D eigenvalue weighted by Crippen LogP contribution is -2.22. The number of hydrogen-bond acceptors (Lipinski definition) is 5. The van der Waals surface area contributed by atoms with E-state index in [-0.39, 0.29) is 18.2 Å². The Balaban J connectivity index is 2.39. The van der Waals surface area contributed by atoms with Gasteiger partial charge in [-0.05, 0) is 24.8 Å². The molecular weight excluding hydrogens is 283 g/mol. The van der Waals surface area contributed by atoms with Gasteiger partial charge < -0.3 is 15.1 Å². The van der Waals surface area contributed by atoms with Crippen LogP contribution in [0.25, 0.3) is 0 Å².